The minimum atomic E-state index is -0.530. The number of cyclic esters (lactones) is 2. The van der Waals surface area contributed by atoms with Gasteiger partial charge in [-0.05, 0) is 67.1 Å². The molecule has 7 heteroatoms. The molecule has 0 saturated carbocycles. The van der Waals surface area contributed by atoms with Gasteiger partial charge in [0, 0.05) is 25.5 Å². The van der Waals surface area contributed by atoms with Gasteiger partial charge in [-0.25, -0.2) is 9.78 Å². The maximum atomic E-state index is 12.6. The number of hydrogen-bond donors (Lipinski definition) is 0. The molecule has 202 valence electrons. The molecule has 1 aliphatic rings. The van der Waals surface area contributed by atoms with Gasteiger partial charge in [0.15, 0.2) is 5.89 Å². The molecule has 0 spiro atoms. The number of nitrogens with zero attached hydrogens (tertiary/aromatic N) is 2. The van der Waals surface area contributed by atoms with Crippen LogP contribution in [-0.4, -0.2) is 54.7 Å². The van der Waals surface area contributed by atoms with Gasteiger partial charge in [0.05, 0.1) is 12.1 Å². The second kappa shape index (κ2) is 15.8. The Morgan fingerprint density at radius 2 is 1.81 bits per heavy atom. The minimum Gasteiger partial charge on any atom is -0.462 e. The predicted octanol–water partition coefficient (Wildman–Crippen LogP) is 5.69. The third kappa shape index (κ3) is 13.1. The second-order valence-corrected chi connectivity index (χ2v) is 9.95. The standard InChI is InChI=1S/C30H42N2O5/c1-22(16-17-32(5)6)14-15-24(3)19-27-20-28-31-26(21-35-28)11-7-8-12-29(33)36-25(4)18-23(2)10-9-13-30(34)37-27/h9-10,13-16,19,21,25,27H,7-8,11-12,17-18,20H2,1-6H3/t25-,27?/m0/s1. The van der Waals surface area contributed by atoms with E-state index in [0.29, 0.717) is 31.6 Å². The molecule has 2 bridgehead atoms. The molecular formula is C30H42N2O5. The maximum absolute atomic E-state index is 12.6. The molecule has 0 aromatic carbocycles. The molecule has 7 nitrogen and oxygen atoms in total. The van der Waals surface area contributed by atoms with Crippen molar-refractivity contribution in [2.24, 2.45) is 0 Å². The molecule has 37 heavy (non-hydrogen) atoms. The van der Waals surface area contributed by atoms with Crippen molar-refractivity contribution in [3.63, 3.8) is 0 Å². The summed E-state index contributed by atoms with van der Waals surface area (Å²) in [5.74, 6) is -0.136. The van der Waals surface area contributed by atoms with E-state index in [-0.39, 0.29) is 12.1 Å². The number of ether oxygens (including phenoxy) is 2. The normalized spacial score (nSPS) is 21.8. The van der Waals surface area contributed by atoms with Crippen molar-refractivity contribution in [1.82, 2.24) is 9.88 Å². The quantitative estimate of drug-likeness (QED) is 0.372. The van der Waals surface area contributed by atoms with Crippen LogP contribution in [-0.2, 0) is 31.9 Å². The molecular weight excluding hydrogens is 468 g/mol. The van der Waals surface area contributed by atoms with Crippen molar-refractivity contribution in [3.8, 4) is 0 Å². The van der Waals surface area contributed by atoms with Gasteiger partial charge in [-0.2, -0.15) is 0 Å². The summed E-state index contributed by atoms with van der Waals surface area (Å²) >= 11 is 0. The number of aromatic nitrogens is 1. The molecule has 2 heterocycles. The van der Waals surface area contributed by atoms with Crippen molar-refractivity contribution in [1.29, 1.82) is 0 Å². The Balaban J connectivity index is 2.21. The van der Waals surface area contributed by atoms with Crippen molar-refractivity contribution in [2.75, 3.05) is 20.6 Å². The molecule has 1 aliphatic heterocycles. The summed E-state index contributed by atoms with van der Waals surface area (Å²) in [5.41, 5.74) is 3.95. The van der Waals surface area contributed by atoms with Crippen LogP contribution in [0.3, 0.4) is 0 Å². The predicted molar refractivity (Wildman–Crippen MR) is 146 cm³/mol. The average Bonchev–Trinajstić information content (AvgIpc) is 3.25. The third-order valence-corrected chi connectivity index (χ3v) is 5.70. The molecule has 0 radical (unpaired) electrons. The summed E-state index contributed by atoms with van der Waals surface area (Å²) < 4.78 is 16.9. The highest BCUT2D eigenvalue weighted by Crippen LogP contribution is 2.15. The van der Waals surface area contributed by atoms with Gasteiger partial charge in [0.1, 0.15) is 18.5 Å². The number of carbonyl (C=O) groups excluding carboxylic acids is 2. The molecule has 1 aromatic rings. The SMILES string of the molecule is CC(C=CC(C)=CC1Cc2nc(co2)CCCCC(=O)O[C@@H](C)CC(C)=CC=CC(=O)O1)=CCN(C)C. The highest BCUT2D eigenvalue weighted by molar-refractivity contribution is 5.82. The van der Waals surface area contributed by atoms with Crippen LogP contribution in [0.25, 0.3) is 0 Å². The van der Waals surface area contributed by atoms with Gasteiger partial charge in [-0.3, -0.25) is 4.79 Å². The van der Waals surface area contributed by atoms with Crippen molar-refractivity contribution in [3.05, 3.63) is 77.1 Å². The number of rotatable bonds is 5. The number of likely N-dealkylation sites (N-methyl/N-ethyl adjacent to an activating group) is 1. The lowest BCUT2D eigenvalue weighted by molar-refractivity contribution is -0.148. The average molecular weight is 511 g/mol. The van der Waals surface area contributed by atoms with E-state index in [4.69, 9.17) is 13.9 Å². The first-order valence-corrected chi connectivity index (χ1v) is 13.0. The van der Waals surface area contributed by atoms with E-state index in [0.717, 1.165) is 41.8 Å². The van der Waals surface area contributed by atoms with Crippen LogP contribution in [0, 0.1) is 0 Å². The Morgan fingerprint density at radius 1 is 1.08 bits per heavy atom. The van der Waals surface area contributed by atoms with Crippen LogP contribution in [0.4, 0.5) is 0 Å². The zero-order valence-corrected chi connectivity index (χ0v) is 23.2. The lowest BCUT2D eigenvalue weighted by Crippen LogP contribution is -2.18. The van der Waals surface area contributed by atoms with Crippen LogP contribution in [0.1, 0.15) is 65.0 Å². The van der Waals surface area contributed by atoms with Gasteiger partial charge < -0.3 is 18.8 Å². The van der Waals surface area contributed by atoms with Crippen LogP contribution >= 0.6 is 0 Å². The lowest BCUT2D eigenvalue weighted by Gasteiger charge is -2.13. The molecule has 0 N–H and O–H groups in total. The lowest BCUT2D eigenvalue weighted by atomic mass is 10.1. The van der Waals surface area contributed by atoms with Gasteiger partial charge in [-0.15, -0.1) is 0 Å². The number of allylic oxidation sites excluding steroid dienone is 6. The van der Waals surface area contributed by atoms with Gasteiger partial charge in [0.25, 0.3) is 0 Å². The fraction of sp³-hybridized carbons (Fsp3) is 0.500. The number of aryl methyl sites for hydroxylation is 1. The summed E-state index contributed by atoms with van der Waals surface area (Å²) in [6.07, 6.45) is 17.5. The topological polar surface area (TPSA) is 81.9 Å². The van der Waals surface area contributed by atoms with E-state index in [9.17, 15) is 9.59 Å². The second-order valence-electron chi connectivity index (χ2n) is 9.95. The van der Waals surface area contributed by atoms with E-state index in [1.165, 1.54) is 6.08 Å². The van der Waals surface area contributed by atoms with Crippen molar-refractivity contribution in [2.45, 2.75) is 78.4 Å². The first kappa shape index (κ1) is 30.0. The molecule has 1 unspecified atom stereocenters. The van der Waals surface area contributed by atoms with Crippen LogP contribution in [0.2, 0.25) is 0 Å². The van der Waals surface area contributed by atoms with E-state index in [1.807, 2.05) is 59.2 Å². The highest BCUT2D eigenvalue weighted by Gasteiger charge is 2.16. The molecule has 0 amide bonds. The number of fused-ring (bicyclic) bond motifs is 2. The molecule has 1 aromatic heterocycles. The summed E-state index contributed by atoms with van der Waals surface area (Å²) in [5, 5.41) is 0. The molecule has 2 rings (SSSR count). The largest absolute Gasteiger partial charge is 0.462 e. The molecule has 0 fully saturated rings. The highest BCUT2D eigenvalue weighted by atomic mass is 16.5. The van der Waals surface area contributed by atoms with E-state index in [2.05, 4.69) is 22.9 Å². The van der Waals surface area contributed by atoms with Crippen molar-refractivity contribution < 1.29 is 23.5 Å². The Bertz CT molecular complexity index is 1040. The van der Waals surface area contributed by atoms with Gasteiger partial charge >= 0.3 is 11.9 Å². The van der Waals surface area contributed by atoms with E-state index < -0.39 is 12.1 Å². The Kier molecular flexibility index (Phi) is 12.8. The zero-order valence-electron chi connectivity index (χ0n) is 23.2. The maximum Gasteiger partial charge on any atom is 0.331 e. The first-order valence-electron chi connectivity index (χ1n) is 13.0. The summed E-state index contributed by atoms with van der Waals surface area (Å²) in [6, 6.07) is 0. The Labute approximate surface area is 221 Å². The molecule has 0 aliphatic carbocycles. The fourth-order valence-electron chi connectivity index (χ4n) is 3.77. The minimum absolute atomic E-state index is 0.194. The number of carbonyl (C=O) groups is 2. The summed E-state index contributed by atoms with van der Waals surface area (Å²) in [6.45, 7) is 8.72. The number of hydrogen-bond acceptors (Lipinski definition) is 7. The smallest absolute Gasteiger partial charge is 0.331 e. The van der Waals surface area contributed by atoms with E-state index in [1.54, 1.807) is 12.3 Å². The fourth-order valence-corrected chi connectivity index (χ4v) is 3.77. The monoisotopic (exact) mass is 510 g/mol. The number of esters is 2. The van der Waals surface area contributed by atoms with E-state index >= 15 is 0 Å². The van der Waals surface area contributed by atoms with Gasteiger partial charge in [-0.1, -0.05) is 47.1 Å². The number of oxazole rings is 1. The Morgan fingerprint density at radius 3 is 2.57 bits per heavy atom. The summed E-state index contributed by atoms with van der Waals surface area (Å²) in [7, 11) is 4.06. The zero-order chi connectivity index (χ0) is 27.2. The Hall–Kier alpha value is -3.19. The third-order valence-electron chi connectivity index (χ3n) is 5.70. The van der Waals surface area contributed by atoms with Crippen LogP contribution < -0.4 is 0 Å². The molecule has 2 atom stereocenters. The van der Waals surface area contributed by atoms with Crippen LogP contribution in [0.5, 0.6) is 0 Å². The first-order chi connectivity index (χ1) is 17.6. The van der Waals surface area contributed by atoms with Crippen molar-refractivity contribution >= 4 is 11.9 Å². The summed E-state index contributed by atoms with van der Waals surface area (Å²) in [4.78, 5) is 31.4. The van der Waals surface area contributed by atoms with Gasteiger partial charge in [0.2, 0.25) is 0 Å². The molecule has 0 saturated heterocycles. The van der Waals surface area contributed by atoms with Crippen LogP contribution in [0.15, 0.2) is 69.9 Å².